The van der Waals surface area contributed by atoms with Crippen molar-refractivity contribution < 1.29 is 9.90 Å². The minimum absolute atomic E-state index is 0.256. The van der Waals surface area contributed by atoms with Crippen LogP contribution in [0, 0.1) is 0 Å². The van der Waals surface area contributed by atoms with Gasteiger partial charge in [0.25, 0.3) is 0 Å². The Labute approximate surface area is 116 Å². The Kier molecular flexibility index (Phi) is 4.11. The van der Waals surface area contributed by atoms with Crippen LogP contribution >= 0.6 is 27.3 Å². The van der Waals surface area contributed by atoms with E-state index in [1.807, 2.05) is 11.4 Å². The Bertz CT molecular complexity index is 578. The zero-order valence-electron chi connectivity index (χ0n) is 9.13. The summed E-state index contributed by atoms with van der Waals surface area (Å²) in [5.74, 6) is -0.937. The summed E-state index contributed by atoms with van der Waals surface area (Å²) < 4.78 is 1.03. The van der Waals surface area contributed by atoms with Crippen LogP contribution < -0.4 is 5.43 Å². The van der Waals surface area contributed by atoms with Gasteiger partial charge in [0.1, 0.15) is 0 Å². The topological polar surface area (TPSA) is 61.7 Å². The van der Waals surface area contributed by atoms with E-state index in [0.29, 0.717) is 0 Å². The molecular formula is C12H9BrN2O2S. The van der Waals surface area contributed by atoms with Gasteiger partial charge in [-0.15, -0.1) is 11.3 Å². The van der Waals surface area contributed by atoms with E-state index in [1.165, 1.54) is 12.1 Å². The number of carboxylic acid groups (broad SMARTS) is 1. The zero-order chi connectivity index (χ0) is 13.0. The molecule has 0 aliphatic rings. The number of benzene rings is 1. The van der Waals surface area contributed by atoms with E-state index in [-0.39, 0.29) is 5.56 Å². The molecule has 2 rings (SSSR count). The number of nitrogens with zero attached hydrogens (tertiary/aromatic N) is 1. The molecule has 0 bridgehead atoms. The van der Waals surface area contributed by atoms with E-state index < -0.39 is 5.97 Å². The third kappa shape index (κ3) is 3.41. The van der Waals surface area contributed by atoms with E-state index in [1.54, 1.807) is 29.7 Å². The van der Waals surface area contributed by atoms with Crippen molar-refractivity contribution in [2.75, 3.05) is 5.43 Å². The van der Waals surface area contributed by atoms with Gasteiger partial charge >= 0.3 is 5.97 Å². The molecule has 1 heterocycles. The van der Waals surface area contributed by atoms with Gasteiger partial charge in [-0.2, -0.15) is 5.10 Å². The average molecular weight is 325 g/mol. The predicted molar refractivity (Wildman–Crippen MR) is 76.6 cm³/mol. The number of rotatable bonds is 4. The molecule has 6 heteroatoms. The van der Waals surface area contributed by atoms with E-state index in [4.69, 9.17) is 5.11 Å². The van der Waals surface area contributed by atoms with Crippen LogP contribution in [-0.2, 0) is 0 Å². The van der Waals surface area contributed by atoms with Gasteiger partial charge in [-0.05, 0) is 46.3 Å². The molecule has 0 fully saturated rings. The normalized spacial score (nSPS) is 10.7. The third-order valence-corrected chi connectivity index (χ3v) is 3.73. The minimum Gasteiger partial charge on any atom is -0.478 e. The molecule has 0 saturated heterocycles. The maximum atomic E-state index is 10.7. The lowest BCUT2D eigenvalue weighted by Crippen LogP contribution is -1.96. The molecule has 18 heavy (non-hydrogen) atoms. The van der Waals surface area contributed by atoms with Crippen molar-refractivity contribution in [2.45, 2.75) is 0 Å². The number of carboxylic acids is 1. The van der Waals surface area contributed by atoms with Crippen LogP contribution in [0.4, 0.5) is 5.69 Å². The Morgan fingerprint density at radius 2 is 2.11 bits per heavy atom. The second kappa shape index (κ2) is 5.79. The molecule has 4 nitrogen and oxygen atoms in total. The van der Waals surface area contributed by atoms with E-state index in [9.17, 15) is 4.79 Å². The largest absolute Gasteiger partial charge is 0.478 e. The van der Waals surface area contributed by atoms with Crippen LogP contribution in [0.15, 0.2) is 45.3 Å². The lowest BCUT2D eigenvalue weighted by molar-refractivity contribution is 0.0697. The van der Waals surface area contributed by atoms with Crippen LogP contribution in [0.25, 0.3) is 0 Å². The van der Waals surface area contributed by atoms with Gasteiger partial charge in [0.05, 0.1) is 17.5 Å². The summed E-state index contributed by atoms with van der Waals surface area (Å²) in [7, 11) is 0. The standard InChI is InChI=1S/C12H9BrN2O2S/c13-9-5-11(18-7-9)6-14-15-10-3-1-8(2-4-10)12(16)17/h1-7,15H,(H,16,17)/b14-6+. The van der Waals surface area contributed by atoms with Crippen molar-refractivity contribution in [3.8, 4) is 0 Å². The van der Waals surface area contributed by atoms with Gasteiger partial charge in [0, 0.05) is 14.7 Å². The van der Waals surface area contributed by atoms with Crippen molar-refractivity contribution in [1.82, 2.24) is 0 Å². The molecule has 0 radical (unpaired) electrons. The minimum atomic E-state index is -0.937. The van der Waals surface area contributed by atoms with Gasteiger partial charge in [-0.3, -0.25) is 5.43 Å². The summed E-state index contributed by atoms with van der Waals surface area (Å²) in [6.07, 6.45) is 1.71. The molecule has 0 amide bonds. The highest BCUT2D eigenvalue weighted by Crippen LogP contribution is 2.18. The number of anilines is 1. The highest BCUT2D eigenvalue weighted by atomic mass is 79.9. The maximum Gasteiger partial charge on any atom is 0.335 e. The molecule has 0 saturated carbocycles. The molecule has 0 atom stereocenters. The molecular weight excluding hydrogens is 316 g/mol. The lowest BCUT2D eigenvalue weighted by Gasteiger charge is -1.99. The lowest BCUT2D eigenvalue weighted by atomic mass is 10.2. The monoisotopic (exact) mass is 324 g/mol. The first-order valence-electron chi connectivity index (χ1n) is 5.01. The first-order chi connectivity index (χ1) is 8.65. The number of nitrogens with one attached hydrogen (secondary N) is 1. The fraction of sp³-hybridized carbons (Fsp3) is 0. The van der Waals surface area contributed by atoms with Crippen LogP contribution in [0.3, 0.4) is 0 Å². The molecule has 0 spiro atoms. The van der Waals surface area contributed by atoms with Crippen molar-refractivity contribution in [1.29, 1.82) is 0 Å². The number of thiophene rings is 1. The first-order valence-corrected chi connectivity index (χ1v) is 6.69. The number of hydrazone groups is 1. The SMILES string of the molecule is O=C(O)c1ccc(N/N=C/c2cc(Br)cs2)cc1. The average Bonchev–Trinajstić information content (AvgIpc) is 2.76. The Morgan fingerprint density at radius 3 is 2.67 bits per heavy atom. The molecule has 1 aromatic heterocycles. The van der Waals surface area contributed by atoms with E-state index in [0.717, 1.165) is 15.0 Å². The van der Waals surface area contributed by atoms with Crippen molar-refractivity contribution in [2.24, 2.45) is 5.10 Å². The molecule has 92 valence electrons. The van der Waals surface area contributed by atoms with Gasteiger partial charge < -0.3 is 5.11 Å². The van der Waals surface area contributed by atoms with Gasteiger partial charge in [0.15, 0.2) is 0 Å². The Morgan fingerprint density at radius 1 is 1.39 bits per heavy atom. The maximum absolute atomic E-state index is 10.7. The van der Waals surface area contributed by atoms with Crippen LogP contribution in [0.2, 0.25) is 0 Å². The molecule has 0 unspecified atom stereocenters. The van der Waals surface area contributed by atoms with Crippen LogP contribution in [-0.4, -0.2) is 17.3 Å². The smallest absolute Gasteiger partial charge is 0.335 e. The highest BCUT2D eigenvalue weighted by Gasteiger charge is 2.00. The van der Waals surface area contributed by atoms with E-state index in [2.05, 4.69) is 26.5 Å². The Balaban J connectivity index is 1.98. The number of hydrogen-bond donors (Lipinski definition) is 2. The van der Waals surface area contributed by atoms with Gasteiger partial charge in [0.2, 0.25) is 0 Å². The first kappa shape index (κ1) is 12.8. The molecule has 0 aliphatic heterocycles. The van der Waals surface area contributed by atoms with Crippen molar-refractivity contribution in [3.05, 3.63) is 50.6 Å². The third-order valence-electron chi connectivity index (χ3n) is 2.11. The van der Waals surface area contributed by atoms with Gasteiger partial charge in [-0.25, -0.2) is 4.79 Å². The second-order valence-electron chi connectivity index (χ2n) is 3.42. The van der Waals surface area contributed by atoms with Crippen LogP contribution in [0.1, 0.15) is 15.2 Å². The summed E-state index contributed by atoms with van der Waals surface area (Å²) in [4.78, 5) is 11.7. The molecule has 2 aromatic rings. The summed E-state index contributed by atoms with van der Waals surface area (Å²) in [6.45, 7) is 0. The Hall–Kier alpha value is -1.66. The molecule has 1 aromatic carbocycles. The molecule has 2 N–H and O–H groups in total. The van der Waals surface area contributed by atoms with Gasteiger partial charge in [-0.1, -0.05) is 0 Å². The number of hydrogen-bond acceptors (Lipinski definition) is 4. The second-order valence-corrected chi connectivity index (χ2v) is 5.28. The summed E-state index contributed by atoms with van der Waals surface area (Å²) in [5.41, 5.74) is 3.84. The van der Waals surface area contributed by atoms with Crippen molar-refractivity contribution >= 4 is 45.1 Å². The summed E-state index contributed by atoms with van der Waals surface area (Å²) in [5, 5.41) is 14.8. The fourth-order valence-corrected chi connectivity index (χ4v) is 2.56. The quantitative estimate of drug-likeness (QED) is 0.666. The van der Waals surface area contributed by atoms with Crippen molar-refractivity contribution in [3.63, 3.8) is 0 Å². The predicted octanol–water partition coefficient (Wildman–Crippen LogP) is 3.65. The zero-order valence-corrected chi connectivity index (χ0v) is 11.5. The number of aromatic carboxylic acids is 1. The summed E-state index contributed by atoms with van der Waals surface area (Å²) in [6, 6.07) is 8.36. The molecule has 0 aliphatic carbocycles. The fourth-order valence-electron chi connectivity index (χ4n) is 1.25. The number of halogens is 1. The highest BCUT2D eigenvalue weighted by molar-refractivity contribution is 9.10. The summed E-state index contributed by atoms with van der Waals surface area (Å²) >= 11 is 4.94. The van der Waals surface area contributed by atoms with Crippen LogP contribution in [0.5, 0.6) is 0 Å². The number of carbonyl (C=O) groups is 1. The van der Waals surface area contributed by atoms with E-state index >= 15 is 0 Å².